The fourth-order valence-electron chi connectivity index (χ4n) is 8.14. The van der Waals surface area contributed by atoms with Gasteiger partial charge < -0.3 is 0 Å². The van der Waals surface area contributed by atoms with Crippen molar-refractivity contribution in [3.63, 3.8) is 0 Å². The summed E-state index contributed by atoms with van der Waals surface area (Å²) in [6.45, 7) is 0. The molecule has 0 aliphatic heterocycles. The number of hydrogen-bond acceptors (Lipinski definition) is 2. The molecule has 9 aromatic rings. The van der Waals surface area contributed by atoms with Crippen LogP contribution in [0.2, 0.25) is 0 Å². The standard InChI is InChI=1S/C48H26N2/c49-27-29-13-17-32(18-14-29)40-23-46-42(36-10-5-4-9-35(36)40)24-41(33-19-15-30(28-50)16-20-33)45-25-43-38-12-6-11-37-34(31-7-2-1-3-8-31)21-22-39(48(37)38)44(43)26-47(45)46/h1-26H. The topological polar surface area (TPSA) is 47.6 Å². The second-order valence-corrected chi connectivity index (χ2v) is 13.1. The van der Waals surface area contributed by atoms with Crippen molar-refractivity contribution < 1.29 is 0 Å². The quantitative estimate of drug-likeness (QED) is 0.182. The average Bonchev–Trinajstić information content (AvgIpc) is 3.50. The molecule has 10 rings (SSSR count). The SMILES string of the molecule is N#Cc1ccc(-c2cc3c4cc5c(cc4c(-c4ccc(C#N)cc4)cc3c3ccccc23)-c2cccc3c(-c4ccccc4)ccc-5c23)cc1. The second-order valence-electron chi connectivity index (χ2n) is 13.1. The summed E-state index contributed by atoms with van der Waals surface area (Å²) in [6.07, 6.45) is 0. The molecule has 0 unspecified atom stereocenters. The highest BCUT2D eigenvalue weighted by Gasteiger charge is 2.25. The second kappa shape index (κ2) is 10.8. The Bertz CT molecular complexity index is 2960. The monoisotopic (exact) mass is 630 g/mol. The van der Waals surface area contributed by atoms with E-state index >= 15 is 0 Å². The number of rotatable bonds is 3. The predicted molar refractivity (Wildman–Crippen MR) is 207 cm³/mol. The van der Waals surface area contributed by atoms with Crippen molar-refractivity contribution in [2.45, 2.75) is 0 Å². The summed E-state index contributed by atoms with van der Waals surface area (Å²) in [4.78, 5) is 0. The zero-order chi connectivity index (χ0) is 33.3. The Morgan fingerprint density at radius 3 is 1.40 bits per heavy atom. The van der Waals surface area contributed by atoms with Crippen LogP contribution in [0.1, 0.15) is 11.1 Å². The molecular weight excluding hydrogens is 605 g/mol. The van der Waals surface area contributed by atoms with Crippen LogP contribution >= 0.6 is 0 Å². The van der Waals surface area contributed by atoms with Crippen molar-refractivity contribution in [1.82, 2.24) is 0 Å². The molecule has 2 heteroatoms. The van der Waals surface area contributed by atoms with Gasteiger partial charge in [-0.3, -0.25) is 0 Å². The maximum atomic E-state index is 9.57. The van der Waals surface area contributed by atoms with E-state index in [1.807, 2.05) is 24.3 Å². The van der Waals surface area contributed by atoms with Crippen LogP contribution in [-0.4, -0.2) is 0 Å². The van der Waals surface area contributed by atoms with Crippen LogP contribution in [0, 0.1) is 22.7 Å². The third-order valence-corrected chi connectivity index (χ3v) is 10.5. The van der Waals surface area contributed by atoms with E-state index in [2.05, 4.69) is 146 Å². The Labute approximate surface area is 289 Å². The number of nitriles is 2. The highest BCUT2D eigenvalue weighted by Crippen LogP contribution is 2.52. The molecule has 0 radical (unpaired) electrons. The molecule has 0 atom stereocenters. The lowest BCUT2D eigenvalue weighted by molar-refractivity contribution is 1.48. The number of hydrogen-bond donors (Lipinski definition) is 0. The molecule has 0 fully saturated rings. The van der Waals surface area contributed by atoms with Crippen LogP contribution in [0.25, 0.3) is 98.7 Å². The van der Waals surface area contributed by atoms with Crippen LogP contribution in [0.5, 0.6) is 0 Å². The Hall–Kier alpha value is -7.00. The lowest BCUT2D eigenvalue weighted by Gasteiger charge is -2.17. The van der Waals surface area contributed by atoms with E-state index in [0.29, 0.717) is 11.1 Å². The highest BCUT2D eigenvalue weighted by molar-refractivity contribution is 6.27. The Morgan fingerprint density at radius 1 is 0.280 bits per heavy atom. The lowest BCUT2D eigenvalue weighted by Crippen LogP contribution is -1.91. The van der Waals surface area contributed by atoms with Crippen LogP contribution in [0.15, 0.2) is 158 Å². The van der Waals surface area contributed by atoms with Gasteiger partial charge in [0.2, 0.25) is 0 Å². The minimum absolute atomic E-state index is 0.647. The van der Waals surface area contributed by atoms with Crippen molar-refractivity contribution in [1.29, 1.82) is 10.5 Å². The molecule has 2 nitrogen and oxygen atoms in total. The predicted octanol–water partition coefficient (Wildman–Crippen LogP) is 12.7. The zero-order valence-electron chi connectivity index (χ0n) is 26.9. The van der Waals surface area contributed by atoms with E-state index in [9.17, 15) is 10.5 Å². The molecule has 1 aliphatic carbocycles. The molecule has 50 heavy (non-hydrogen) atoms. The van der Waals surface area contributed by atoms with Crippen LogP contribution in [0.4, 0.5) is 0 Å². The maximum Gasteiger partial charge on any atom is 0.0991 e. The van der Waals surface area contributed by atoms with Crippen LogP contribution in [0.3, 0.4) is 0 Å². The Kier molecular flexibility index (Phi) is 6.04. The molecular formula is C48H26N2. The summed E-state index contributed by atoms with van der Waals surface area (Å²) in [6, 6.07) is 60.4. The van der Waals surface area contributed by atoms with Gasteiger partial charge in [-0.1, -0.05) is 109 Å². The van der Waals surface area contributed by atoms with Gasteiger partial charge in [-0.2, -0.15) is 10.5 Å². The van der Waals surface area contributed by atoms with Crippen molar-refractivity contribution >= 4 is 43.1 Å². The minimum Gasteiger partial charge on any atom is -0.192 e. The van der Waals surface area contributed by atoms with E-state index < -0.39 is 0 Å². The lowest BCUT2D eigenvalue weighted by atomic mass is 9.86. The van der Waals surface area contributed by atoms with Gasteiger partial charge in [0.1, 0.15) is 0 Å². The zero-order valence-corrected chi connectivity index (χ0v) is 26.9. The summed E-state index contributed by atoms with van der Waals surface area (Å²) < 4.78 is 0. The molecule has 0 N–H and O–H groups in total. The van der Waals surface area contributed by atoms with E-state index in [0.717, 1.165) is 22.3 Å². The van der Waals surface area contributed by atoms with Gasteiger partial charge >= 0.3 is 0 Å². The Balaban J connectivity index is 1.33. The van der Waals surface area contributed by atoms with Crippen LogP contribution in [-0.2, 0) is 0 Å². The molecule has 0 heterocycles. The minimum atomic E-state index is 0.647. The summed E-state index contributed by atoms with van der Waals surface area (Å²) in [5.41, 5.74) is 13.2. The molecule has 228 valence electrons. The van der Waals surface area contributed by atoms with E-state index in [1.165, 1.54) is 76.5 Å². The molecule has 0 spiro atoms. The van der Waals surface area contributed by atoms with Crippen LogP contribution < -0.4 is 0 Å². The van der Waals surface area contributed by atoms with Gasteiger partial charge in [-0.25, -0.2) is 0 Å². The third kappa shape index (κ3) is 4.07. The normalized spacial score (nSPS) is 11.6. The maximum absolute atomic E-state index is 9.57. The molecule has 0 saturated heterocycles. The van der Waals surface area contributed by atoms with Crippen molar-refractivity contribution in [3.05, 3.63) is 169 Å². The van der Waals surface area contributed by atoms with Crippen molar-refractivity contribution in [2.24, 2.45) is 0 Å². The van der Waals surface area contributed by atoms with E-state index in [1.54, 1.807) is 0 Å². The fraction of sp³-hybridized carbons (Fsp3) is 0. The van der Waals surface area contributed by atoms with Crippen molar-refractivity contribution in [3.8, 4) is 67.8 Å². The molecule has 0 amide bonds. The van der Waals surface area contributed by atoms with Gasteiger partial charge in [0, 0.05) is 0 Å². The molecule has 0 bridgehead atoms. The first kappa shape index (κ1) is 28.1. The van der Waals surface area contributed by atoms with Gasteiger partial charge in [-0.05, 0) is 147 Å². The van der Waals surface area contributed by atoms with Gasteiger partial charge in [0.15, 0.2) is 0 Å². The Morgan fingerprint density at radius 2 is 0.740 bits per heavy atom. The first-order chi connectivity index (χ1) is 24.7. The number of nitrogens with zero attached hydrogens (tertiary/aromatic N) is 2. The van der Waals surface area contributed by atoms with Crippen molar-refractivity contribution in [2.75, 3.05) is 0 Å². The molecule has 9 aromatic carbocycles. The first-order valence-corrected chi connectivity index (χ1v) is 16.8. The number of benzene rings is 9. The van der Waals surface area contributed by atoms with E-state index in [4.69, 9.17) is 0 Å². The van der Waals surface area contributed by atoms with Gasteiger partial charge in [-0.15, -0.1) is 0 Å². The fourth-order valence-corrected chi connectivity index (χ4v) is 8.14. The first-order valence-electron chi connectivity index (χ1n) is 16.8. The summed E-state index contributed by atoms with van der Waals surface area (Å²) in [5, 5.41) is 28.7. The average molecular weight is 631 g/mol. The molecule has 0 aromatic heterocycles. The smallest absolute Gasteiger partial charge is 0.0991 e. The molecule has 1 aliphatic rings. The summed E-state index contributed by atoms with van der Waals surface area (Å²) in [7, 11) is 0. The van der Waals surface area contributed by atoms with E-state index in [-0.39, 0.29) is 0 Å². The van der Waals surface area contributed by atoms with Gasteiger partial charge in [0.05, 0.1) is 23.3 Å². The third-order valence-electron chi connectivity index (χ3n) is 10.5. The number of fused-ring (bicyclic) bond motifs is 8. The summed E-state index contributed by atoms with van der Waals surface area (Å²) in [5.74, 6) is 0. The van der Waals surface area contributed by atoms with Gasteiger partial charge in [0.25, 0.3) is 0 Å². The highest BCUT2D eigenvalue weighted by atomic mass is 14.3. The summed E-state index contributed by atoms with van der Waals surface area (Å²) >= 11 is 0. The molecule has 0 saturated carbocycles. The largest absolute Gasteiger partial charge is 0.192 e.